The predicted molar refractivity (Wildman–Crippen MR) is 112 cm³/mol. The highest BCUT2D eigenvalue weighted by atomic mass is 16.1. The Balaban J connectivity index is 1.38. The Morgan fingerprint density at radius 1 is 1.00 bits per heavy atom. The Morgan fingerprint density at radius 2 is 1.67 bits per heavy atom. The zero-order valence-electron chi connectivity index (χ0n) is 17.2. The monoisotopic (exact) mass is 372 g/mol. The van der Waals surface area contributed by atoms with E-state index in [0.29, 0.717) is 12.2 Å². The first-order valence-electron chi connectivity index (χ1n) is 10.6. The standard InChI is InChI=1S/C22H36N4O/c1-24(2)12-13-26-16-14-25(15-17-26)11-3-4-22(27)21-6-5-19-7-9-23-10-8-20(19)18-21/h5-6,18,23H,3-4,7-17H2,1-2H3. The molecule has 1 fully saturated rings. The number of hydrogen-bond donors (Lipinski definition) is 1. The fourth-order valence-electron chi connectivity index (χ4n) is 4.03. The summed E-state index contributed by atoms with van der Waals surface area (Å²) < 4.78 is 0. The molecule has 0 spiro atoms. The van der Waals surface area contributed by atoms with Crippen LogP contribution in [0.4, 0.5) is 0 Å². The first-order valence-corrected chi connectivity index (χ1v) is 10.6. The largest absolute Gasteiger partial charge is 0.316 e. The highest BCUT2D eigenvalue weighted by molar-refractivity contribution is 5.96. The van der Waals surface area contributed by atoms with Gasteiger partial charge in [-0.05, 0) is 70.2 Å². The molecule has 27 heavy (non-hydrogen) atoms. The van der Waals surface area contributed by atoms with Gasteiger partial charge < -0.3 is 15.1 Å². The van der Waals surface area contributed by atoms with Crippen molar-refractivity contribution in [3.63, 3.8) is 0 Å². The molecule has 2 aliphatic heterocycles. The molecule has 0 bridgehead atoms. The Morgan fingerprint density at radius 3 is 2.37 bits per heavy atom. The summed E-state index contributed by atoms with van der Waals surface area (Å²) in [5.74, 6) is 0.305. The van der Waals surface area contributed by atoms with Crippen LogP contribution in [0.15, 0.2) is 18.2 Å². The molecule has 0 aromatic heterocycles. The quantitative estimate of drug-likeness (QED) is 0.701. The van der Waals surface area contributed by atoms with Gasteiger partial charge in [0, 0.05) is 51.3 Å². The van der Waals surface area contributed by atoms with E-state index in [-0.39, 0.29) is 0 Å². The minimum absolute atomic E-state index is 0.305. The molecular formula is C22H36N4O. The van der Waals surface area contributed by atoms with E-state index in [1.54, 1.807) is 0 Å². The van der Waals surface area contributed by atoms with Crippen molar-refractivity contribution in [3.05, 3.63) is 34.9 Å². The van der Waals surface area contributed by atoms with Gasteiger partial charge in [0.2, 0.25) is 0 Å². The van der Waals surface area contributed by atoms with E-state index >= 15 is 0 Å². The second-order valence-corrected chi connectivity index (χ2v) is 8.25. The number of carbonyl (C=O) groups is 1. The lowest BCUT2D eigenvalue weighted by Gasteiger charge is -2.35. The van der Waals surface area contributed by atoms with E-state index in [0.717, 1.165) is 83.7 Å². The van der Waals surface area contributed by atoms with Crippen LogP contribution in [0.2, 0.25) is 0 Å². The molecule has 2 heterocycles. The summed E-state index contributed by atoms with van der Waals surface area (Å²) in [4.78, 5) is 19.9. The van der Waals surface area contributed by atoms with Crippen molar-refractivity contribution >= 4 is 5.78 Å². The van der Waals surface area contributed by atoms with E-state index in [1.165, 1.54) is 11.1 Å². The van der Waals surface area contributed by atoms with Gasteiger partial charge in [-0.1, -0.05) is 12.1 Å². The number of carbonyl (C=O) groups excluding carboxylic acids is 1. The van der Waals surface area contributed by atoms with Gasteiger partial charge in [-0.15, -0.1) is 0 Å². The zero-order valence-corrected chi connectivity index (χ0v) is 17.2. The molecule has 0 amide bonds. The van der Waals surface area contributed by atoms with Gasteiger partial charge in [-0.25, -0.2) is 0 Å². The first-order chi connectivity index (χ1) is 13.1. The third kappa shape index (κ3) is 6.39. The highest BCUT2D eigenvalue weighted by Gasteiger charge is 2.17. The lowest BCUT2D eigenvalue weighted by atomic mass is 9.97. The molecule has 1 N–H and O–H groups in total. The normalized spacial score (nSPS) is 19.1. The van der Waals surface area contributed by atoms with Gasteiger partial charge in [0.1, 0.15) is 0 Å². The summed E-state index contributed by atoms with van der Waals surface area (Å²) >= 11 is 0. The summed E-state index contributed by atoms with van der Waals surface area (Å²) in [6.45, 7) is 9.97. The molecule has 0 atom stereocenters. The second kappa shape index (κ2) is 10.3. The minimum atomic E-state index is 0.305. The molecule has 0 saturated carbocycles. The summed E-state index contributed by atoms with van der Waals surface area (Å²) in [5.41, 5.74) is 3.67. The minimum Gasteiger partial charge on any atom is -0.316 e. The van der Waals surface area contributed by atoms with Crippen LogP contribution < -0.4 is 5.32 Å². The summed E-state index contributed by atoms with van der Waals surface area (Å²) in [5, 5.41) is 3.43. The van der Waals surface area contributed by atoms with E-state index < -0.39 is 0 Å². The fraction of sp³-hybridized carbons (Fsp3) is 0.682. The third-order valence-corrected chi connectivity index (χ3v) is 5.88. The molecule has 5 heteroatoms. The van der Waals surface area contributed by atoms with Crippen LogP contribution in [0.3, 0.4) is 0 Å². The number of nitrogens with zero attached hydrogens (tertiary/aromatic N) is 3. The van der Waals surface area contributed by atoms with Crippen LogP contribution in [0.1, 0.15) is 34.3 Å². The molecule has 0 aliphatic carbocycles. The smallest absolute Gasteiger partial charge is 0.162 e. The lowest BCUT2D eigenvalue weighted by molar-refractivity contribution is 0.0959. The number of Topliss-reactive ketones (excluding diaryl/α,β-unsaturated/α-hetero) is 1. The van der Waals surface area contributed by atoms with Gasteiger partial charge in [-0.2, -0.15) is 0 Å². The molecule has 1 aromatic rings. The summed E-state index contributed by atoms with van der Waals surface area (Å²) in [6.07, 6.45) is 3.74. The first kappa shape index (κ1) is 20.5. The van der Waals surface area contributed by atoms with E-state index in [2.05, 4.69) is 46.2 Å². The van der Waals surface area contributed by atoms with Gasteiger partial charge >= 0.3 is 0 Å². The Labute approximate surface area is 164 Å². The van der Waals surface area contributed by atoms with Crippen molar-refractivity contribution in [2.24, 2.45) is 0 Å². The zero-order chi connectivity index (χ0) is 19.1. The van der Waals surface area contributed by atoms with Crippen molar-refractivity contribution in [2.75, 3.05) is 73.0 Å². The van der Waals surface area contributed by atoms with Crippen molar-refractivity contribution in [2.45, 2.75) is 25.7 Å². The fourth-order valence-corrected chi connectivity index (χ4v) is 4.03. The molecule has 0 radical (unpaired) electrons. The third-order valence-electron chi connectivity index (χ3n) is 5.88. The number of ketones is 1. The average Bonchev–Trinajstić information content (AvgIpc) is 2.92. The number of fused-ring (bicyclic) bond motifs is 1. The topological polar surface area (TPSA) is 38.8 Å². The van der Waals surface area contributed by atoms with Gasteiger partial charge in [0.15, 0.2) is 5.78 Å². The molecule has 5 nitrogen and oxygen atoms in total. The molecule has 3 rings (SSSR count). The van der Waals surface area contributed by atoms with E-state index in [1.807, 2.05) is 6.07 Å². The van der Waals surface area contributed by atoms with Gasteiger partial charge in [-0.3, -0.25) is 9.69 Å². The van der Waals surface area contributed by atoms with Crippen molar-refractivity contribution in [3.8, 4) is 0 Å². The van der Waals surface area contributed by atoms with Gasteiger partial charge in [0.25, 0.3) is 0 Å². The van der Waals surface area contributed by atoms with Crippen LogP contribution in [0.5, 0.6) is 0 Å². The van der Waals surface area contributed by atoms with Crippen LogP contribution in [0.25, 0.3) is 0 Å². The molecule has 1 saturated heterocycles. The average molecular weight is 373 g/mol. The number of rotatable bonds is 8. The summed E-state index contributed by atoms with van der Waals surface area (Å²) in [7, 11) is 4.27. The second-order valence-electron chi connectivity index (χ2n) is 8.25. The molecule has 2 aliphatic rings. The SMILES string of the molecule is CN(C)CCN1CCN(CCCC(=O)c2ccc3c(c2)CCNCC3)CC1. The highest BCUT2D eigenvalue weighted by Crippen LogP contribution is 2.17. The number of nitrogens with one attached hydrogen (secondary N) is 1. The number of hydrogen-bond acceptors (Lipinski definition) is 5. The van der Waals surface area contributed by atoms with E-state index in [9.17, 15) is 4.79 Å². The van der Waals surface area contributed by atoms with Crippen LogP contribution >= 0.6 is 0 Å². The van der Waals surface area contributed by atoms with Gasteiger partial charge in [0.05, 0.1) is 0 Å². The maximum absolute atomic E-state index is 12.6. The maximum Gasteiger partial charge on any atom is 0.162 e. The van der Waals surface area contributed by atoms with Crippen molar-refractivity contribution < 1.29 is 4.79 Å². The predicted octanol–water partition coefficient (Wildman–Crippen LogP) is 1.52. The lowest BCUT2D eigenvalue weighted by Crippen LogP contribution is -2.48. The molecule has 1 aromatic carbocycles. The van der Waals surface area contributed by atoms with Crippen molar-refractivity contribution in [1.29, 1.82) is 0 Å². The van der Waals surface area contributed by atoms with Crippen molar-refractivity contribution in [1.82, 2.24) is 20.0 Å². The molecule has 150 valence electrons. The summed E-state index contributed by atoms with van der Waals surface area (Å²) in [6, 6.07) is 6.35. The van der Waals surface area contributed by atoms with Crippen LogP contribution in [-0.4, -0.2) is 93.5 Å². The van der Waals surface area contributed by atoms with Crippen LogP contribution in [-0.2, 0) is 12.8 Å². The molecular weight excluding hydrogens is 336 g/mol. The van der Waals surface area contributed by atoms with E-state index in [4.69, 9.17) is 0 Å². The van der Waals surface area contributed by atoms with Crippen LogP contribution in [0, 0.1) is 0 Å². The Hall–Kier alpha value is -1.27. The number of piperazine rings is 1. The maximum atomic E-state index is 12.6. The molecule has 0 unspecified atom stereocenters. The Kier molecular flexibility index (Phi) is 7.82. The Bertz CT molecular complexity index is 608. The number of benzene rings is 1. The number of likely N-dealkylation sites (N-methyl/N-ethyl adjacent to an activating group) is 1.